The minimum Gasteiger partial charge on any atom is -0.476 e. The van der Waals surface area contributed by atoms with Crippen molar-refractivity contribution in [1.82, 2.24) is 14.3 Å². The maximum absolute atomic E-state index is 13.0. The first-order valence-corrected chi connectivity index (χ1v) is 14.1. The Morgan fingerprint density at radius 2 is 1.68 bits per heavy atom. The number of hydrogen-bond donors (Lipinski definition) is 0. The monoisotopic (exact) mass is 569 g/mol. The average molecular weight is 570 g/mol. The van der Waals surface area contributed by atoms with Crippen molar-refractivity contribution in [2.24, 2.45) is 0 Å². The number of halogens is 3. The van der Waals surface area contributed by atoms with E-state index in [9.17, 15) is 27.6 Å². The van der Waals surface area contributed by atoms with E-state index in [4.69, 9.17) is 9.47 Å². The average Bonchev–Trinajstić information content (AvgIpc) is 2.87. The fraction of sp³-hybridized carbons (Fsp3) is 0.655. The number of aromatic nitrogens is 3. The highest BCUT2D eigenvalue weighted by Crippen LogP contribution is 2.22. The van der Waals surface area contributed by atoms with Crippen LogP contribution in [0.25, 0.3) is 0 Å². The molecular weight excluding hydrogens is 527 g/mol. The normalized spacial score (nSPS) is 12.0. The topological polar surface area (TPSA) is 92.4 Å². The van der Waals surface area contributed by atoms with Gasteiger partial charge in [-0.15, -0.1) is 0 Å². The molecule has 0 bridgehead atoms. The lowest BCUT2D eigenvalue weighted by atomic mass is 10.1. The molecule has 11 heteroatoms. The van der Waals surface area contributed by atoms with Crippen LogP contribution in [0.3, 0.4) is 0 Å². The standard InChI is InChI=1S/C29H42F3N3O5/c1-5-7-8-9-17-24-25(36)34(27(38)35(33-24)20-13-18-29(30,31)32)19-11-10-14-22-15-12-16-23(21-22)40-28(3,4)26(37)39-6-2/h12,15-16,21H,5-11,13-14,17-20H2,1-4H3. The molecule has 2 aromatic rings. The van der Waals surface area contributed by atoms with Gasteiger partial charge in [0.15, 0.2) is 5.60 Å². The Morgan fingerprint density at radius 3 is 2.35 bits per heavy atom. The number of benzene rings is 1. The fourth-order valence-corrected chi connectivity index (χ4v) is 4.27. The molecule has 0 aliphatic carbocycles. The van der Waals surface area contributed by atoms with Gasteiger partial charge in [0, 0.05) is 19.5 Å². The van der Waals surface area contributed by atoms with Crippen molar-refractivity contribution in [3.05, 3.63) is 56.4 Å². The van der Waals surface area contributed by atoms with E-state index in [1.807, 2.05) is 18.2 Å². The number of carbonyl (C=O) groups is 1. The highest BCUT2D eigenvalue weighted by molar-refractivity contribution is 5.79. The second-order valence-corrected chi connectivity index (χ2v) is 10.4. The molecule has 0 atom stereocenters. The maximum atomic E-state index is 13.0. The molecule has 0 radical (unpaired) electrons. The van der Waals surface area contributed by atoms with Crippen molar-refractivity contribution in [2.75, 3.05) is 6.61 Å². The van der Waals surface area contributed by atoms with Crippen molar-refractivity contribution in [2.45, 2.75) is 117 Å². The van der Waals surface area contributed by atoms with Gasteiger partial charge < -0.3 is 9.47 Å². The summed E-state index contributed by atoms with van der Waals surface area (Å²) in [6.45, 7) is 7.27. The van der Waals surface area contributed by atoms with E-state index < -0.39 is 35.4 Å². The first kappa shape index (κ1) is 33.1. The summed E-state index contributed by atoms with van der Waals surface area (Å²) >= 11 is 0. The predicted octanol–water partition coefficient (Wildman–Crippen LogP) is 5.61. The molecule has 2 rings (SSSR count). The van der Waals surface area contributed by atoms with Crippen LogP contribution in [-0.4, -0.2) is 38.7 Å². The van der Waals surface area contributed by atoms with Gasteiger partial charge >= 0.3 is 17.8 Å². The molecule has 0 saturated heterocycles. The lowest BCUT2D eigenvalue weighted by molar-refractivity contribution is -0.158. The zero-order chi connectivity index (χ0) is 29.8. The van der Waals surface area contributed by atoms with E-state index in [0.29, 0.717) is 31.4 Å². The molecule has 0 saturated carbocycles. The Hall–Kier alpha value is -3.11. The van der Waals surface area contributed by atoms with Gasteiger partial charge in [0.25, 0.3) is 5.56 Å². The van der Waals surface area contributed by atoms with Crippen LogP contribution < -0.4 is 16.0 Å². The number of unbranched alkanes of at least 4 members (excludes halogenated alkanes) is 4. The van der Waals surface area contributed by atoms with Gasteiger partial charge in [-0.05, 0) is 77.0 Å². The van der Waals surface area contributed by atoms with Crippen molar-refractivity contribution in [3.63, 3.8) is 0 Å². The summed E-state index contributed by atoms with van der Waals surface area (Å²) in [7, 11) is 0. The van der Waals surface area contributed by atoms with Gasteiger partial charge in [-0.1, -0.05) is 38.3 Å². The van der Waals surface area contributed by atoms with E-state index in [1.54, 1.807) is 26.8 Å². The minimum absolute atomic E-state index is 0.146. The summed E-state index contributed by atoms with van der Waals surface area (Å²) < 4.78 is 51.0. The number of hydrogen-bond acceptors (Lipinski definition) is 6. The summed E-state index contributed by atoms with van der Waals surface area (Å²) in [6, 6.07) is 7.33. The van der Waals surface area contributed by atoms with Crippen LogP contribution in [0.4, 0.5) is 13.2 Å². The zero-order valence-corrected chi connectivity index (χ0v) is 24.0. The molecular formula is C29H42F3N3O5. The summed E-state index contributed by atoms with van der Waals surface area (Å²) in [5.41, 5.74) is -1.12. The summed E-state index contributed by atoms with van der Waals surface area (Å²) in [6.07, 6.45) is 0.216. The second kappa shape index (κ2) is 15.6. The Kier molecular flexibility index (Phi) is 12.9. The third-order valence-corrected chi connectivity index (χ3v) is 6.42. The summed E-state index contributed by atoms with van der Waals surface area (Å²) in [5, 5.41) is 4.14. The number of carbonyl (C=O) groups excluding carboxylic acids is 1. The maximum Gasteiger partial charge on any atom is 0.389 e. The largest absolute Gasteiger partial charge is 0.476 e. The third-order valence-electron chi connectivity index (χ3n) is 6.42. The molecule has 0 amide bonds. The summed E-state index contributed by atoms with van der Waals surface area (Å²) in [5.74, 6) is 0.0624. The van der Waals surface area contributed by atoms with Crippen LogP contribution in [-0.2, 0) is 35.5 Å². The summed E-state index contributed by atoms with van der Waals surface area (Å²) in [4.78, 5) is 38.1. The SMILES string of the molecule is CCCCCCc1nn(CCCC(F)(F)F)c(=O)n(CCCCc2cccc(OC(C)(C)C(=O)OCC)c2)c1=O. The zero-order valence-electron chi connectivity index (χ0n) is 24.0. The second-order valence-electron chi connectivity index (χ2n) is 10.4. The van der Waals surface area contributed by atoms with E-state index in [2.05, 4.69) is 12.0 Å². The Balaban J connectivity index is 2.08. The number of esters is 1. The van der Waals surface area contributed by atoms with Crippen LogP contribution in [0.15, 0.2) is 33.9 Å². The van der Waals surface area contributed by atoms with Gasteiger partial charge in [0.2, 0.25) is 0 Å². The smallest absolute Gasteiger partial charge is 0.389 e. The van der Waals surface area contributed by atoms with E-state index in [-0.39, 0.29) is 31.8 Å². The predicted molar refractivity (Wildman–Crippen MR) is 147 cm³/mol. The molecule has 0 N–H and O–H groups in total. The van der Waals surface area contributed by atoms with Crippen LogP contribution in [0.5, 0.6) is 5.75 Å². The van der Waals surface area contributed by atoms with Crippen molar-refractivity contribution < 1.29 is 27.4 Å². The molecule has 40 heavy (non-hydrogen) atoms. The molecule has 0 fully saturated rings. The van der Waals surface area contributed by atoms with Gasteiger partial charge in [0.1, 0.15) is 11.4 Å². The molecule has 0 aliphatic rings. The Labute approximate surface area is 233 Å². The van der Waals surface area contributed by atoms with Crippen LogP contribution in [0.2, 0.25) is 0 Å². The molecule has 0 spiro atoms. The highest BCUT2D eigenvalue weighted by atomic mass is 19.4. The van der Waals surface area contributed by atoms with E-state index >= 15 is 0 Å². The quantitative estimate of drug-likeness (QED) is 0.182. The van der Waals surface area contributed by atoms with Gasteiger partial charge in [-0.2, -0.15) is 18.3 Å². The Bertz CT molecular complexity index is 1200. The van der Waals surface area contributed by atoms with Gasteiger partial charge in [0.05, 0.1) is 6.61 Å². The fourth-order valence-electron chi connectivity index (χ4n) is 4.27. The number of alkyl halides is 3. The molecule has 8 nitrogen and oxygen atoms in total. The van der Waals surface area contributed by atoms with E-state index in [0.717, 1.165) is 40.5 Å². The number of aryl methyl sites for hydroxylation is 3. The first-order chi connectivity index (χ1) is 18.9. The van der Waals surface area contributed by atoms with Crippen molar-refractivity contribution in [1.29, 1.82) is 0 Å². The van der Waals surface area contributed by atoms with Crippen LogP contribution >= 0.6 is 0 Å². The highest BCUT2D eigenvalue weighted by Gasteiger charge is 2.31. The molecule has 1 heterocycles. The molecule has 1 aromatic carbocycles. The number of rotatable bonds is 17. The van der Waals surface area contributed by atoms with Gasteiger partial charge in [-0.25, -0.2) is 14.3 Å². The molecule has 0 unspecified atom stereocenters. The minimum atomic E-state index is -4.32. The lowest BCUT2D eigenvalue weighted by Crippen LogP contribution is -2.43. The molecule has 1 aromatic heterocycles. The number of nitrogens with zero attached hydrogens (tertiary/aromatic N) is 3. The number of ether oxygens (including phenoxy) is 2. The third kappa shape index (κ3) is 10.8. The molecule has 0 aliphatic heterocycles. The van der Waals surface area contributed by atoms with Crippen LogP contribution in [0.1, 0.15) is 90.3 Å². The Morgan fingerprint density at radius 1 is 0.950 bits per heavy atom. The first-order valence-electron chi connectivity index (χ1n) is 14.1. The van der Waals surface area contributed by atoms with Crippen molar-refractivity contribution >= 4 is 5.97 Å². The van der Waals surface area contributed by atoms with E-state index in [1.165, 1.54) is 0 Å². The lowest BCUT2D eigenvalue weighted by Gasteiger charge is -2.24. The van der Waals surface area contributed by atoms with Crippen molar-refractivity contribution in [3.8, 4) is 5.75 Å². The molecule has 224 valence electrons. The van der Waals surface area contributed by atoms with Gasteiger partial charge in [-0.3, -0.25) is 9.36 Å². The van der Waals surface area contributed by atoms with Crippen LogP contribution in [0, 0.1) is 0 Å².